The van der Waals surface area contributed by atoms with Crippen LogP contribution in [0.4, 0.5) is 0 Å². The van der Waals surface area contributed by atoms with E-state index in [1.807, 2.05) is 24.0 Å². The Labute approximate surface area is 138 Å². The molecule has 2 amide bonds. The van der Waals surface area contributed by atoms with E-state index in [-0.39, 0.29) is 5.91 Å². The van der Waals surface area contributed by atoms with E-state index in [9.17, 15) is 9.59 Å². The number of nitrogens with zero attached hydrogens (tertiary/aromatic N) is 3. The molecule has 5 heteroatoms. The van der Waals surface area contributed by atoms with Gasteiger partial charge in [-0.25, -0.2) is 0 Å². The van der Waals surface area contributed by atoms with E-state index in [1.165, 1.54) is 16.2 Å². The average molecular weight is 315 g/mol. The second kappa shape index (κ2) is 7.81. The van der Waals surface area contributed by atoms with Crippen molar-refractivity contribution in [2.75, 3.05) is 26.7 Å². The van der Waals surface area contributed by atoms with Gasteiger partial charge in [0.05, 0.1) is 0 Å². The zero-order chi connectivity index (χ0) is 16.8. The lowest BCUT2D eigenvalue weighted by atomic mass is 10.0. The van der Waals surface area contributed by atoms with E-state index < -0.39 is 0 Å². The molecule has 0 atom stereocenters. The molecule has 2 aliphatic heterocycles. The third kappa shape index (κ3) is 4.12. The first-order valence-corrected chi connectivity index (χ1v) is 7.99. The fourth-order valence-electron chi connectivity index (χ4n) is 2.87. The summed E-state index contributed by atoms with van der Waals surface area (Å²) >= 11 is 0. The Morgan fingerprint density at radius 3 is 2.83 bits per heavy atom. The first-order chi connectivity index (χ1) is 11.1. The molecule has 2 heterocycles. The molecule has 0 saturated heterocycles. The maximum absolute atomic E-state index is 12.3. The van der Waals surface area contributed by atoms with Crippen LogP contribution in [-0.4, -0.2) is 53.7 Å². The van der Waals surface area contributed by atoms with Crippen LogP contribution in [0.15, 0.2) is 47.5 Å². The van der Waals surface area contributed by atoms with Crippen molar-refractivity contribution < 1.29 is 9.59 Å². The van der Waals surface area contributed by atoms with Crippen LogP contribution in [-0.2, 0) is 9.59 Å². The molecule has 0 spiro atoms. The predicted octanol–water partition coefficient (Wildman–Crippen LogP) is 2.26. The molecule has 0 aliphatic carbocycles. The van der Waals surface area contributed by atoms with Gasteiger partial charge in [0.2, 0.25) is 12.3 Å². The average Bonchev–Trinajstić information content (AvgIpc) is 2.59. The highest BCUT2D eigenvalue weighted by Gasteiger charge is 2.24. The summed E-state index contributed by atoms with van der Waals surface area (Å²) in [6.45, 7) is 5.97. The monoisotopic (exact) mass is 315 g/mol. The van der Waals surface area contributed by atoms with E-state index in [0.717, 1.165) is 25.1 Å². The molecular weight excluding hydrogens is 290 g/mol. The van der Waals surface area contributed by atoms with Crippen LogP contribution in [0.25, 0.3) is 0 Å². The summed E-state index contributed by atoms with van der Waals surface area (Å²) in [6, 6.07) is 0. The number of hydrogen-bond acceptors (Lipinski definition) is 3. The summed E-state index contributed by atoms with van der Waals surface area (Å²) in [7, 11) is 1.69. The molecule has 5 nitrogen and oxygen atoms in total. The third-order valence-electron chi connectivity index (χ3n) is 4.23. The van der Waals surface area contributed by atoms with Crippen LogP contribution in [0.5, 0.6) is 0 Å². The zero-order valence-electron chi connectivity index (χ0n) is 14.2. The lowest BCUT2D eigenvalue weighted by Crippen LogP contribution is -2.40. The van der Waals surface area contributed by atoms with Gasteiger partial charge in [-0.15, -0.1) is 0 Å². The largest absolute Gasteiger partial charge is 0.348 e. The lowest BCUT2D eigenvalue weighted by molar-refractivity contribution is -0.131. The summed E-state index contributed by atoms with van der Waals surface area (Å²) in [5.41, 5.74) is 3.65. The maximum atomic E-state index is 12.3. The fraction of sp³-hybridized carbons (Fsp3) is 0.444. The van der Waals surface area contributed by atoms with Crippen molar-refractivity contribution >= 4 is 12.3 Å². The van der Waals surface area contributed by atoms with Gasteiger partial charge in [-0.3, -0.25) is 9.59 Å². The predicted molar refractivity (Wildman–Crippen MR) is 91.1 cm³/mol. The van der Waals surface area contributed by atoms with E-state index in [2.05, 4.69) is 30.2 Å². The van der Waals surface area contributed by atoms with Gasteiger partial charge in [0.15, 0.2) is 0 Å². The van der Waals surface area contributed by atoms with Crippen molar-refractivity contribution in [2.45, 2.75) is 26.7 Å². The SMILES string of the molecule is C/C=C1/C=CC=CN1C1=C(C)CN(C(=O)CCN(C)C=O)CC1. The highest BCUT2D eigenvalue weighted by atomic mass is 16.2. The quantitative estimate of drug-likeness (QED) is 0.731. The second-order valence-electron chi connectivity index (χ2n) is 5.91. The van der Waals surface area contributed by atoms with E-state index >= 15 is 0 Å². The normalized spacial score (nSPS) is 19.5. The first kappa shape index (κ1) is 17.1. The molecule has 0 radical (unpaired) electrons. The van der Waals surface area contributed by atoms with Gasteiger partial charge in [0.1, 0.15) is 0 Å². The Kier molecular flexibility index (Phi) is 5.79. The van der Waals surface area contributed by atoms with Gasteiger partial charge < -0.3 is 14.7 Å². The maximum Gasteiger partial charge on any atom is 0.224 e. The van der Waals surface area contributed by atoms with Gasteiger partial charge in [0, 0.05) is 57.1 Å². The Hall–Kier alpha value is -2.30. The fourth-order valence-corrected chi connectivity index (χ4v) is 2.87. The van der Waals surface area contributed by atoms with E-state index in [0.29, 0.717) is 19.5 Å². The van der Waals surface area contributed by atoms with Crippen LogP contribution in [0.3, 0.4) is 0 Å². The van der Waals surface area contributed by atoms with E-state index in [4.69, 9.17) is 0 Å². The molecule has 0 bridgehead atoms. The zero-order valence-corrected chi connectivity index (χ0v) is 14.2. The number of amides is 2. The van der Waals surface area contributed by atoms with Crippen molar-refractivity contribution in [1.29, 1.82) is 0 Å². The van der Waals surface area contributed by atoms with Gasteiger partial charge in [-0.1, -0.05) is 12.2 Å². The molecule has 0 unspecified atom stereocenters. The van der Waals surface area contributed by atoms with Gasteiger partial charge in [-0.2, -0.15) is 0 Å². The third-order valence-corrected chi connectivity index (χ3v) is 4.23. The lowest BCUT2D eigenvalue weighted by Gasteiger charge is -2.35. The summed E-state index contributed by atoms with van der Waals surface area (Å²) in [5.74, 6) is 0.109. The molecule has 0 N–H and O–H groups in total. The highest BCUT2D eigenvalue weighted by Crippen LogP contribution is 2.27. The standard InChI is InChI=1S/C18H25N3O2/c1-4-16-7-5-6-10-21(16)17-8-12-20(13-15(17)2)18(23)9-11-19(3)14-22/h4-7,10,14H,8-9,11-13H2,1-3H3/b16-4-. The number of carbonyl (C=O) groups is 2. The number of hydrogen-bond donors (Lipinski definition) is 0. The molecule has 0 aromatic rings. The number of carbonyl (C=O) groups excluding carboxylic acids is 2. The second-order valence-corrected chi connectivity index (χ2v) is 5.91. The number of rotatable bonds is 5. The van der Waals surface area contributed by atoms with Crippen molar-refractivity contribution in [3.8, 4) is 0 Å². The minimum atomic E-state index is 0.109. The van der Waals surface area contributed by atoms with Crippen LogP contribution >= 0.6 is 0 Å². The molecule has 124 valence electrons. The summed E-state index contributed by atoms with van der Waals surface area (Å²) in [4.78, 5) is 28.5. The molecule has 23 heavy (non-hydrogen) atoms. The molecule has 0 saturated carbocycles. The smallest absolute Gasteiger partial charge is 0.224 e. The Bertz CT molecular complexity index is 587. The topological polar surface area (TPSA) is 43.9 Å². The molecule has 0 aromatic carbocycles. The minimum Gasteiger partial charge on any atom is -0.348 e. The Morgan fingerprint density at radius 1 is 1.39 bits per heavy atom. The summed E-state index contributed by atoms with van der Waals surface area (Å²) in [6.07, 6.45) is 12.3. The van der Waals surface area contributed by atoms with E-state index in [1.54, 1.807) is 7.05 Å². The minimum absolute atomic E-state index is 0.109. The molecular formula is C18H25N3O2. The van der Waals surface area contributed by atoms with Crippen LogP contribution in [0, 0.1) is 0 Å². The van der Waals surface area contributed by atoms with Gasteiger partial charge in [-0.05, 0) is 31.6 Å². The Morgan fingerprint density at radius 2 is 2.17 bits per heavy atom. The van der Waals surface area contributed by atoms with Crippen LogP contribution in [0.2, 0.25) is 0 Å². The van der Waals surface area contributed by atoms with Crippen molar-refractivity contribution in [2.24, 2.45) is 0 Å². The van der Waals surface area contributed by atoms with Crippen molar-refractivity contribution in [1.82, 2.24) is 14.7 Å². The Balaban J connectivity index is 2.02. The van der Waals surface area contributed by atoms with Crippen molar-refractivity contribution in [3.63, 3.8) is 0 Å². The highest BCUT2D eigenvalue weighted by molar-refractivity contribution is 5.77. The van der Waals surface area contributed by atoms with Gasteiger partial charge >= 0.3 is 0 Å². The molecule has 2 rings (SSSR count). The summed E-state index contributed by atoms with van der Waals surface area (Å²) in [5, 5.41) is 0. The van der Waals surface area contributed by atoms with Crippen LogP contribution < -0.4 is 0 Å². The van der Waals surface area contributed by atoms with Gasteiger partial charge in [0.25, 0.3) is 0 Å². The molecule has 2 aliphatic rings. The molecule has 0 fully saturated rings. The number of allylic oxidation sites excluding steroid dienone is 4. The first-order valence-electron chi connectivity index (χ1n) is 7.99. The summed E-state index contributed by atoms with van der Waals surface area (Å²) < 4.78 is 0. The van der Waals surface area contributed by atoms with Crippen LogP contribution in [0.1, 0.15) is 26.7 Å². The van der Waals surface area contributed by atoms with Crippen molar-refractivity contribution in [3.05, 3.63) is 47.5 Å². The molecule has 0 aromatic heterocycles.